The number of rotatable bonds is 3. The van der Waals surface area contributed by atoms with Crippen LogP contribution >= 0.6 is 0 Å². The molecule has 1 aliphatic heterocycles. The fourth-order valence-electron chi connectivity index (χ4n) is 2.27. The van der Waals surface area contributed by atoms with Crippen molar-refractivity contribution in [2.24, 2.45) is 5.73 Å². The minimum Gasteiger partial charge on any atom is -0.470 e. The summed E-state index contributed by atoms with van der Waals surface area (Å²) in [6, 6.07) is 13.2. The molecule has 0 radical (unpaired) electrons. The highest BCUT2D eigenvalue weighted by Gasteiger charge is 2.26. The van der Waals surface area contributed by atoms with E-state index in [4.69, 9.17) is 20.5 Å². The van der Waals surface area contributed by atoms with Crippen LogP contribution in [-0.4, -0.2) is 30.3 Å². The second kappa shape index (κ2) is 5.92. The number of nitriles is 1. The van der Waals surface area contributed by atoms with E-state index in [9.17, 15) is 0 Å². The first-order valence-corrected chi connectivity index (χ1v) is 6.73. The molecular weight excluding hydrogens is 266 g/mol. The monoisotopic (exact) mass is 281 g/mol. The molecular formula is C16H15N3O2. The topological polar surface area (TPSA) is 81.2 Å². The minimum atomic E-state index is -0.158. The van der Waals surface area contributed by atoms with E-state index in [2.05, 4.69) is 11.1 Å². The lowest BCUT2D eigenvalue weighted by molar-refractivity contribution is 0.137. The Balaban J connectivity index is 1.79. The molecule has 0 amide bonds. The Bertz CT molecular complexity index is 664. The SMILES string of the molecule is N#Cc1ccccc1-c1ccc(OC2COCC2N)nc1. The normalized spacial score (nSPS) is 21.0. The van der Waals surface area contributed by atoms with Gasteiger partial charge in [0.1, 0.15) is 6.10 Å². The molecule has 2 heterocycles. The van der Waals surface area contributed by atoms with Gasteiger partial charge in [0.2, 0.25) is 5.88 Å². The van der Waals surface area contributed by atoms with E-state index in [1.807, 2.05) is 24.3 Å². The summed E-state index contributed by atoms with van der Waals surface area (Å²) in [6.07, 6.45) is 1.54. The molecule has 0 spiro atoms. The van der Waals surface area contributed by atoms with Gasteiger partial charge in [0.15, 0.2) is 0 Å². The van der Waals surface area contributed by atoms with Crippen molar-refractivity contribution in [3.63, 3.8) is 0 Å². The highest BCUT2D eigenvalue weighted by atomic mass is 16.6. The van der Waals surface area contributed by atoms with Crippen LogP contribution in [0.2, 0.25) is 0 Å². The van der Waals surface area contributed by atoms with Crippen LogP contribution in [0.1, 0.15) is 5.56 Å². The van der Waals surface area contributed by atoms with Crippen LogP contribution in [-0.2, 0) is 4.74 Å². The zero-order valence-corrected chi connectivity index (χ0v) is 11.4. The van der Waals surface area contributed by atoms with Crippen molar-refractivity contribution in [1.29, 1.82) is 5.26 Å². The molecule has 0 bridgehead atoms. The van der Waals surface area contributed by atoms with Gasteiger partial charge < -0.3 is 15.2 Å². The van der Waals surface area contributed by atoms with Crippen molar-refractivity contribution in [3.05, 3.63) is 48.2 Å². The first-order chi connectivity index (χ1) is 10.3. The number of nitrogens with two attached hydrogens (primary N) is 1. The second-order valence-electron chi connectivity index (χ2n) is 4.90. The molecule has 1 aliphatic rings. The zero-order valence-electron chi connectivity index (χ0n) is 11.4. The van der Waals surface area contributed by atoms with E-state index < -0.39 is 0 Å². The molecule has 1 aromatic carbocycles. The van der Waals surface area contributed by atoms with Crippen LogP contribution in [0.25, 0.3) is 11.1 Å². The summed E-state index contributed by atoms with van der Waals surface area (Å²) in [5.41, 5.74) is 8.24. The lowest BCUT2D eigenvalue weighted by Gasteiger charge is -2.15. The van der Waals surface area contributed by atoms with Gasteiger partial charge in [-0.3, -0.25) is 0 Å². The first kappa shape index (κ1) is 13.6. The van der Waals surface area contributed by atoms with E-state index in [0.717, 1.165) is 11.1 Å². The number of nitrogens with zero attached hydrogens (tertiary/aromatic N) is 2. The molecule has 2 atom stereocenters. The molecule has 1 fully saturated rings. The van der Waals surface area contributed by atoms with Crippen LogP contribution < -0.4 is 10.5 Å². The molecule has 1 aromatic heterocycles. The van der Waals surface area contributed by atoms with Gasteiger partial charge in [0.25, 0.3) is 0 Å². The van der Waals surface area contributed by atoms with Crippen LogP contribution in [0, 0.1) is 11.3 Å². The lowest BCUT2D eigenvalue weighted by Crippen LogP contribution is -2.37. The smallest absolute Gasteiger partial charge is 0.213 e. The van der Waals surface area contributed by atoms with Crippen molar-refractivity contribution in [1.82, 2.24) is 4.98 Å². The van der Waals surface area contributed by atoms with Crippen molar-refractivity contribution < 1.29 is 9.47 Å². The molecule has 5 heteroatoms. The quantitative estimate of drug-likeness (QED) is 0.926. The molecule has 21 heavy (non-hydrogen) atoms. The Morgan fingerprint density at radius 2 is 2.10 bits per heavy atom. The standard InChI is InChI=1S/C16H15N3O2/c17-7-11-3-1-2-4-13(11)12-5-6-16(19-8-12)21-15-10-20-9-14(15)18/h1-6,8,14-15H,9-10,18H2. The first-order valence-electron chi connectivity index (χ1n) is 6.73. The van der Waals surface area contributed by atoms with Gasteiger partial charge in [0.05, 0.1) is 30.9 Å². The highest BCUT2D eigenvalue weighted by molar-refractivity contribution is 5.69. The average Bonchev–Trinajstić information content (AvgIpc) is 2.93. The van der Waals surface area contributed by atoms with Gasteiger partial charge in [-0.05, 0) is 12.1 Å². The van der Waals surface area contributed by atoms with Crippen LogP contribution in [0.15, 0.2) is 42.6 Å². The predicted octanol–water partition coefficient (Wildman–Crippen LogP) is 1.73. The van der Waals surface area contributed by atoms with E-state index in [0.29, 0.717) is 24.7 Å². The molecule has 106 valence electrons. The number of hydrogen-bond donors (Lipinski definition) is 1. The summed E-state index contributed by atoms with van der Waals surface area (Å²) in [5.74, 6) is 0.513. The van der Waals surface area contributed by atoms with Gasteiger partial charge in [0, 0.05) is 23.4 Å². The summed E-state index contributed by atoms with van der Waals surface area (Å²) in [5, 5.41) is 9.13. The third kappa shape index (κ3) is 2.87. The van der Waals surface area contributed by atoms with Gasteiger partial charge in [-0.2, -0.15) is 5.26 Å². The van der Waals surface area contributed by atoms with Gasteiger partial charge >= 0.3 is 0 Å². The van der Waals surface area contributed by atoms with Gasteiger partial charge in [-0.15, -0.1) is 0 Å². The summed E-state index contributed by atoms with van der Waals surface area (Å²) >= 11 is 0. The highest BCUT2D eigenvalue weighted by Crippen LogP contribution is 2.24. The molecule has 1 saturated heterocycles. The van der Waals surface area contributed by atoms with Crippen molar-refractivity contribution in [2.75, 3.05) is 13.2 Å². The summed E-state index contributed by atoms with van der Waals surface area (Å²) in [7, 11) is 0. The van der Waals surface area contributed by atoms with E-state index in [1.165, 1.54) is 0 Å². The van der Waals surface area contributed by atoms with E-state index in [1.54, 1.807) is 18.3 Å². The Labute approximate surface area is 122 Å². The van der Waals surface area contributed by atoms with Gasteiger partial charge in [-0.25, -0.2) is 4.98 Å². The van der Waals surface area contributed by atoms with Crippen LogP contribution in [0.4, 0.5) is 0 Å². The summed E-state index contributed by atoms with van der Waals surface area (Å²) in [4.78, 5) is 4.29. The molecule has 5 nitrogen and oxygen atoms in total. The van der Waals surface area contributed by atoms with Crippen molar-refractivity contribution >= 4 is 0 Å². The Kier molecular flexibility index (Phi) is 3.82. The third-order valence-electron chi connectivity index (χ3n) is 3.44. The lowest BCUT2D eigenvalue weighted by atomic mass is 10.0. The second-order valence-corrected chi connectivity index (χ2v) is 4.90. The largest absolute Gasteiger partial charge is 0.470 e. The molecule has 2 aromatic rings. The van der Waals surface area contributed by atoms with Crippen molar-refractivity contribution in [3.8, 4) is 23.1 Å². The number of pyridine rings is 1. The average molecular weight is 281 g/mol. The molecule has 3 rings (SSSR count). The maximum absolute atomic E-state index is 9.13. The Hall–Kier alpha value is -2.42. The summed E-state index contributed by atoms with van der Waals surface area (Å²) < 4.78 is 11.0. The number of aromatic nitrogens is 1. The summed E-state index contributed by atoms with van der Waals surface area (Å²) in [6.45, 7) is 1.00. The molecule has 2 N–H and O–H groups in total. The number of benzene rings is 1. The number of hydrogen-bond acceptors (Lipinski definition) is 5. The van der Waals surface area contributed by atoms with Crippen molar-refractivity contribution in [2.45, 2.75) is 12.1 Å². The fourth-order valence-corrected chi connectivity index (χ4v) is 2.27. The maximum Gasteiger partial charge on any atom is 0.213 e. The Morgan fingerprint density at radius 1 is 1.24 bits per heavy atom. The Morgan fingerprint density at radius 3 is 2.76 bits per heavy atom. The minimum absolute atomic E-state index is 0.120. The van der Waals surface area contributed by atoms with E-state index in [-0.39, 0.29) is 12.1 Å². The van der Waals surface area contributed by atoms with Crippen LogP contribution in [0.3, 0.4) is 0 Å². The molecule has 0 aliphatic carbocycles. The zero-order chi connectivity index (χ0) is 14.7. The fraction of sp³-hybridized carbons (Fsp3) is 0.250. The third-order valence-corrected chi connectivity index (χ3v) is 3.44. The maximum atomic E-state index is 9.13. The van der Waals surface area contributed by atoms with E-state index >= 15 is 0 Å². The predicted molar refractivity (Wildman–Crippen MR) is 77.6 cm³/mol. The number of ether oxygens (including phenoxy) is 2. The van der Waals surface area contributed by atoms with Gasteiger partial charge in [-0.1, -0.05) is 18.2 Å². The molecule has 0 saturated carbocycles. The van der Waals surface area contributed by atoms with Crippen LogP contribution in [0.5, 0.6) is 5.88 Å². The molecule has 2 unspecified atom stereocenters.